The standard InChI is InChI=1S/C15H17FN2O/c1-9(2)7-17-8-14-13-6-10-5-11(16)3-4-12(10)15(13)19-18-14/h3-5,9,17H,6-8H2,1-2H3. The number of fused-ring (bicyclic) bond motifs is 3. The highest BCUT2D eigenvalue weighted by Crippen LogP contribution is 2.38. The zero-order valence-corrected chi connectivity index (χ0v) is 11.2. The zero-order chi connectivity index (χ0) is 13.4. The van der Waals surface area contributed by atoms with Crippen LogP contribution in [0.3, 0.4) is 0 Å². The van der Waals surface area contributed by atoms with Gasteiger partial charge in [0.05, 0.1) is 0 Å². The number of hydrogen-bond donors (Lipinski definition) is 1. The van der Waals surface area contributed by atoms with E-state index < -0.39 is 0 Å². The van der Waals surface area contributed by atoms with Gasteiger partial charge in [0.25, 0.3) is 0 Å². The highest BCUT2D eigenvalue weighted by molar-refractivity contribution is 5.72. The largest absolute Gasteiger partial charge is 0.356 e. The summed E-state index contributed by atoms with van der Waals surface area (Å²) in [6.07, 6.45) is 0.713. The molecule has 3 rings (SSSR count). The van der Waals surface area contributed by atoms with Crippen LogP contribution >= 0.6 is 0 Å². The van der Waals surface area contributed by atoms with Crippen molar-refractivity contribution in [1.29, 1.82) is 0 Å². The molecule has 0 radical (unpaired) electrons. The van der Waals surface area contributed by atoms with E-state index in [0.717, 1.165) is 34.7 Å². The summed E-state index contributed by atoms with van der Waals surface area (Å²) in [6.45, 7) is 5.98. The molecule has 1 aliphatic carbocycles. The average molecular weight is 260 g/mol. The van der Waals surface area contributed by atoms with Gasteiger partial charge in [0.15, 0.2) is 5.76 Å². The minimum absolute atomic E-state index is 0.198. The Morgan fingerprint density at radius 2 is 2.26 bits per heavy atom. The first kappa shape index (κ1) is 12.4. The molecule has 3 nitrogen and oxygen atoms in total. The molecule has 0 fully saturated rings. The molecule has 1 heterocycles. The van der Waals surface area contributed by atoms with E-state index in [4.69, 9.17) is 4.52 Å². The van der Waals surface area contributed by atoms with Gasteiger partial charge in [-0.25, -0.2) is 4.39 Å². The summed E-state index contributed by atoms with van der Waals surface area (Å²) in [7, 11) is 0. The highest BCUT2D eigenvalue weighted by atomic mass is 19.1. The summed E-state index contributed by atoms with van der Waals surface area (Å²) in [5.41, 5.74) is 3.99. The molecular weight excluding hydrogens is 243 g/mol. The van der Waals surface area contributed by atoms with Crippen LogP contribution in [-0.2, 0) is 13.0 Å². The summed E-state index contributed by atoms with van der Waals surface area (Å²) in [6, 6.07) is 4.82. The van der Waals surface area contributed by atoms with Crippen LogP contribution < -0.4 is 5.32 Å². The van der Waals surface area contributed by atoms with E-state index in [1.54, 1.807) is 12.1 Å². The Hall–Kier alpha value is -1.68. The van der Waals surface area contributed by atoms with Crippen LogP contribution in [0, 0.1) is 11.7 Å². The number of nitrogens with zero attached hydrogens (tertiary/aromatic N) is 1. The van der Waals surface area contributed by atoms with E-state index in [1.807, 2.05) is 0 Å². The molecule has 1 aromatic carbocycles. The Balaban J connectivity index is 1.81. The van der Waals surface area contributed by atoms with E-state index >= 15 is 0 Å². The van der Waals surface area contributed by atoms with Crippen LogP contribution in [0.2, 0.25) is 0 Å². The average Bonchev–Trinajstić information content (AvgIpc) is 2.88. The number of nitrogens with one attached hydrogen (secondary N) is 1. The van der Waals surface area contributed by atoms with Crippen LogP contribution in [0.15, 0.2) is 22.7 Å². The van der Waals surface area contributed by atoms with Crippen molar-refractivity contribution >= 4 is 0 Å². The van der Waals surface area contributed by atoms with Gasteiger partial charge in [-0.3, -0.25) is 0 Å². The molecule has 0 aliphatic heterocycles. The quantitative estimate of drug-likeness (QED) is 0.783. The van der Waals surface area contributed by atoms with Gasteiger partial charge >= 0.3 is 0 Å². The second kappa shape index (κ2) is 4.78. The van der Waals surface area contributed by atoms with Gasteiger partial charge in [0.2, 0.25) is 0 Å². The molecule has 1 N–H and O–H groups in total. The van der Waals surface area contributed by atoms with Gasteiger partial charge in [-0.15, -0.1) is 0 Å². The van der Waals surface area contributed by atoms with Gasteiger partial charge in [0, 0.05) is 24.1 Å². The van der Waals surface area contributed by atoms with Crippen molar-refractivity contribution in [2.24, 2.45) is 5.92 Å². The summed E-state index contributed by atoms with van der Waals surface area (Å²) in [5, 5.41) is 7.48. The Morgan fingerprint density at radius 1 is 1.42 bits per heavy atom. The molecule has 0 saturated heterocycles. The number of benzene rings is 1. The molecular formula is C15H17FN2O. The Bertz CT molecular complexity index is 604. The lowest BCUT2D eigenvalue weighted by Gasteiger charge is -2.05. The van der Waals surface area contributed by atoms with E-state index in [-0.39, 0.29) is 5.82 Å². The van der Waals surface area contributed by atoms with Crippen molar-refractivity contribution in [2.75, 3.05) is 6.54 Å². The fourth-order valence-corrected chi connectivity index (χ4v) is 2.47. The highest BCUT2D eigenvalue weighted by Gasteiger charge is 2.26. The molecule has 2 aromatic rings. The third-order valence-corrected chi connectivity index (χ3v) is 3.39. The van der Waals surface area contributed by atoms with Gasteiger partial charge in [-0.05, 0) is 36.2 Å². The first-order valence-electron chi connectivity index (χ1n) is 6.62. The first-order chi connectivity index (χ1) is 9.15. The number of rotatable bonds is 4. The minimum atomic E-state index is -0.198. The monoisotopic (exact) mass is 260 g/mol. The molecule has 100 valence electrons. The van der Waals surface area contributed by atoms with Crippen molar-refractivity contribution in [3.63, 3.8) is 0 Å². The fraction of sp³-hybridized carbons (Fsp3) is 0.400. The van der Waals surface area contributed by atoms with Crippen LogP contribution in [0.1, 0.15) is 30.7 Å². The smallest absolute Gasteiger partial charge is 0.170 e. The number of halogens is 1. The first-order valence-corrected chi connectivity index (χ1v) is 6.62. The van der Waals surface area contributed by atoms with Crippen LogP contribution in [0.25, 0.3) is 11.3 Å². The summed E-state index contributed by atoms with van der Waals surface area (Å²) < 4.78 is 18.6. The van der Waals surface area contributed by atoms with Crippen LogP contribution in [0.4, 0.5) is 4.39 Å². The van der Waals surface area contributed by atoms with Crippen molar-refractivity contribution in [3.8, 4) is 11.3 Å². The van der Waals surface area contributed by atoms with Gasteiger partial charge in [-0.1, -0.05) is 19.0 Å². The maximum atomic E-state index is 13.2. The summed E-state index contributed by atoms with van der Waals surface area (Å²) in [4.78, 5) is 0. The summed E-state index contributed by atoms with van der Waals surface area (Å²) in [5.74, 6) is 1.21. The molecule has 0 amide bonds. The summed E-state index contributed by atoms with van der Waals surface area (Å²) >= 11 is 0. The molecule has 4 heteroatoms. The Kier molecular flexibility index (Phi) is 3.11. The maximum Gasteiger partial charge on any atom is 0.170 e. The normalized spacial score (nSPS) is 12.8. The van der Waals surface area contributed by atoms with Gasteiger partial charge in [-0.2, -0.15) is 0 Å². The predicted octanol–water partition coefficient (Wildman–Crippen LogP) is 3.13. The van der Waals surface area contributed by atoms with Crippen LogP contribution in [-0.4, -0.2) is 11.7 Å². The third kappa shape index (κ3) is 2.28. The van der Waals surface area contributed by atoms with E-state index in [2.05, 4.69) is 24.3 Å². The lowest BCUT2D eigenvalue weighted by Crippen LogP contribution is -2.19. The van der Waals surface area contributed by atoms with E-state index in [9.17, 15) is 4.39 Å². The second-order valence-electron chi connectivity index (χ2n) is 5.44. The van der Waals surface area contributed by atoms with Gasteiger partial charge < -0.3 is 9.84 Å². The van der Waals surface area contributed by atoms with Crippen LogP contribution in [0.5, 0.6) is 0 Å². The third-order valence-electron chi connectivity index (χ3n) is 3.39. The van der Waals surface area contributed by atoms with Crippen molar-refractivity contribution < 1.29 is 8.91 Å². The molecule has 0 unspecified atom stereocenters. The number of hydrogen-bond acceptors (Lipinski definition) is 3. The molecule has 0 spiro atoms. The molecule has 0 bridgehead atoms. The molecule has 0 atom stereocenters. The fourth-order valence-electron chi connectivity index (χ4n) is 2.47. The van der Waals surface area contributed by atoms with Crippen molar-refractivity contribution in [3.05, 3.63) is 40.8 Å². The topological polar surface area (TPSA) is 38.1 Å². The van der Waals surface area contributed by atoms with E-state index in [1.165, 1.54) is 6.07 Å². The Labute approximate surface area is 111 Å². The molecule has 1 aliphatic rings. The SMILES string of the molecule is CC(C)CNCc1noc2c1Cc1cc(F)ccc1-2. The van der Waals surface area contributed by atoms with Crippen molar-refractivity contribution in [2.45, 2.75) is 26.8 Å². The lowest BCUT2D eigenvalue weighted by atomic mass is 10.1. The Morgan fingerprint density at radius 3 is 3.05 bits per heavy atom. The maximum absolute atomic E-state index is 13.2. The number of aromatic nitrogens is 1. The predicted molar refractivity (Wildman–Crippen MR) is 71.2 cm³/mol. The zero-order valence-electron chi connectivity index (χ0n) is 11.2. The minimum Gasteiger partial charge on any atom is -0.356 e. The molecule has 1 aromatic heterocycles. The molecule has 0 saturated carbocycles. The van der Waals surface area contributed by atoms with E-state index in [0.29, 0.717) is 18.9 Å². The molecule has 19 heavy (non-hydrogen) atoms. The van der Waals surface area contributed by atoms with Crippen molar-refractivity contribution in [1.82, 2.24) is 10.5 Å². The van der Waals surface area contributed by atoms with Gasteiger partial charge in [0.1, 0.15) is 11.5 Å². The second-order valence-corrected chi connectivity index (χ2v) is 5.44. The lowest BCUT2D eigenvalue weighted by molar-refractivity contribution is 0.418.